The Balaban J connectivity index is 1.52. The summed E-state index contributed by atoms with van der Waals surface area (Å²) in [6.45, 7) is 0.982. The highest BCUT2D eigenvalue weighted by Gasteiger charge is 2.41. The van der Waals surface area contributed by atoms with E-state index in [0.29, 0.717) is 18.8 Å². The largest absolute Gasteiger partial charge is 0.325 e. The molecule has 2 atom stereocenters. The number of nitrogens with one attached hydrogen (secondary N) is 2. The Bertz CT molecular complexity index is 1190. The van der Waals surface area contributed by atoms with Crippen molar-refractivity contribution in [2.45, 2.75) is 25.2 Å². The molecule has 1 amide bonds. The van der Waals surface area contributed by atoms with Crippen molar-refractivity contribution in [2.24, 2.45) is 0 Å². The number of nitrogens with zero attached hydrogens (tertiary/aromatic N) is 1. The Morgan fingerprint density at radius 3 is 2.15 bits per heavy atom. The van der Waals surface area contributed by atoms with E-state index in [-0.39, 0.29) is 41.9 Å². The standard InChI is InChI=1S/C26H28FN3O3S/c27-22-11-13-23(14-12-22)29-26(31)17-30(16-21-9-5-2-6-10-21)25-19-34(32,33)18-24(25)28-15-20-7-3-1-4-8-20/h1-14,24-25,28H,15-19H2,(H,29,31). The second-order valence-corrected chi connectivity index (χ2v) is 10.7. The van der Waals surface area contributed by atoms with Crippen molar-refractivity contribution in [3.8, 4) is 0 Å². The first-order chi connectivity index (χ1) is 16.4. The van der Waals surface area contributed by atoms with Crippen molar-refractivity contribution in [2.75, 3.05) is 23.4 Å². The molecule has 34 heavy (non-hydrogen) atoms. The predicted octanol–water partition coefficient (Wildman–Crippen LogP) is 3.22. The first kappa shape index (κ1) is 24.1. The molecule has 3 aromatic rings. The van der Waals surface area contributed by atoms with E-state index in [1.54, 1.807) is 0 Å². The van der Waals surface area contributed by atoms with Crippen molar-refractivity contribution in [3.05, 3.63) is 102 Å². The molecular formula is C26H28FN3O3S. The van der Waals surface area contributed by atoms with E-state index in [4.69, 9.17) is 0 Å². The third kappa shape index (κ3) is 6.72. The lowest BCUT2D eigenvalue weighted by Crippen LogP contribution is -2.51. The summed E-state index contributed by atoms with van der Waals surface area (Å²) in [6, 6.07) is 24.4. The van der Waals surface area contributed by atoms with E-state index in [0.717, 1.165) is 11.1 Å². The Morgan fingerprint density at radius 2 is 1.50 bits per heavy atom. The highest BCUT2D eigenvalue weighted by molar-refractivity contribution is 7.91. The van der Waals surface area contributed by atoms with Crippen LogP contribution in [0.3, 0.4) is 0 Å². The maximum Gasteiger partial charge on any atom is 0.238 e. The van der Waals surface area contributed by atoms with Gasteiger partial charge in [0.05, 0.1) is 18.1 Å². The SMILES string of the molecule is O=C(CN(Cc1ccccc1)C1CS(=O)(=O)CC1NCc1ccccc1)Nc1ccc(F)cc1. The molecule has 0 bridgehead atoms. The van der Waals surface area contributed by atoms with Crippen LogP contribution in [-0.4, -0.2) is 49.4 Å². The molecule has 0 radical (unpaired) electrons. The first-order valence-electron chi connectivity index (χ1n) is 11.2. The summed E-state index contributed by atoms with van der Waals surface area (Å²) in [7, 11) is -3.26. The lowest BCUT2D eigenvalue weighted by Gasteiger charge is -2.32. The van der Waals surface area contributed by atoms with Gasteiger partial charge in [-0.2, -0.15) is 0 Å². The van der Waals surface area contributed by atoms with Gasteiger partial charge in [-0.3, -0.25) is 9.69 Å². The molecule has 1 fully saturated rings. The molecule has 2 N–H and O–H groups in total. The minimum atomic E-state index is -3.26. The van der Waals surface area contributed by atoms with E-state index >= 15 is 0 Å². The van der Waals surface area contributed by atoms with E-state index in [1.165, 1.54) is 24.3 Å². The zero-order valence-electron chi connectivity index (χ0n) is 18.7. The van der Waals surface area contributed by atoms with Crippen LogP contribution < -0.4 is 10.6 Å². The number of sulfone groups is 1. The number of hydrogen-bond acceptors (Lipinski definition) is 5. The lowest BCUT2D eigenvalue weighted by molar-refractivity contribution is -0.118. The Labute approximate surface area is 199 Å². The Morgan fingerprint density at radius 1 is 0.882 bits per heavy atom. The smallest absolute Gasteiger partial charge is 0.238 e. The van der Waals surface area contributed by atoms with Gasteiger partial charge in [0.25, 0.3) is 0 Å². The van der Waals surface area contributed by atoms with E-state index in [2.05, 4.69) is 10.6 Å². The van der Waals surface area contributed by atoms with Crippen LogP contribution >= 0.6 is 0 Å². The van der Waals surface area contributed by atoms with Crippen molar-refractivity contribution >= 4 is 21.4 Å². The number of anilines is 1. The summed E-state index contributed by atoms with van der Waals surface area (Å²) in [4.78, 5) is 14.8. The fourth-order valence-corrected chi connectivity index (χ4v) is 6.24. The van der Waals surface area contributed by atoms with Crippen LogP contribution in [-0.2, 0) is 27.7 Å². The average molecular weight is 482 g/mol. The Kier molecular flexibility index (Phi) is 7.72. The summed E-state index contributed by atoms with van der Waals surface area (Å²) in [5.74, 6) is -0.660. The van der Waals surface area contributed by atoms with E-state index < -0.39 is 9.84 Å². The van der Waals surface area contributed by atoms with E-state index in [1.807, 2.05) is 65.6 Å². The van der Waals surface area contributed by atoms with Crippen molar-refractivity contribution in [1.29, 1.82) is 0 Å². The van der Waals surface area contributed by atoms with Gasteiger partial charge in [-0.15, -0.1) is 0 Å². The summed E-state index contributed by atoms with van der Waals surface area (Å²) >= 11 is 0. The number of carbonyl (C=O) groups excluding carboxylic acids is 1. The van der Waals surface area contributed by atoms with Gasteiger partial charge in [-0.05, 0) is 35.4 Å². The van der Waals surface area contributed by atoms with Crippen molar-refractivity contribution < 1.29 is 17.6 Å². The topological polar surface area (TPSA) is 78.5 Å². The fraction of sp³-hybridized carbons (Fsp3) is 0.269. The van der Waals surface area contributed by atoms with Gasteiger partial charge in [0.15, 0.2) is 9.84 Å². The number of rotatable bonds is 9. The first-order valence-corrected chi connectivity index (χ1v) is 13.0. The molecule has 1 aliphatic heterocycles. The Hall–Kier alpha value is -3.07. The maximum absolute atomic E-state index is 13.2. The molecule has 1 aliphatic rings. The van der Waals surface area contributed by atoms with Gasteiger partial charge in [0.1, 0.15) is 5.82 Å². The minimum absolute atomic E-state index is 0.00990. The molecule has 3 aromatic carbocycles. The second kappa shape index (κ2) is 10.9. The molecule has 1 saturated heterocycles. The van der Waals surface area contributed by atoms with Crippen LogP contribution in [0.1, 0.15) is 11.1 Å². The highest BCUT2D eigenvalue weighted by Crippen LogP contribution is 2.22. The number of halogens is 1. The molecule has 0 aliphatic carbocycles. The second-order valence-electron chi connectivity index (χ2n) is 8.56. The quantitative estimate of drug-likeness (QED) is 0.491. The average Bonchev–Trinajstić information content (AvgIpc) is 3.14. The summed E-state index contributed by atoms with van der Waals surface area (Å²) in [5.41, 5.74) is 2.54. The van der Waals surface area contributed by atoms with Crippen molar-refractivity contribution in [3.63, 3.8) is 0 Å². The summed E-state index contributed by atoms with van der Waals surface area (Å²) < 4.78 is 38.5. The normalized spacial score (nSPS) is 19.2. The molecule has 0 saturated carbocycles. The van der Waals surface area contributed by atoms with Crippen LogP contribution in [0.2, 0.25) is 0 Å². The molecule has 1 heterocycles. The lowest BCUT2D eigenvalue weighted by atomic mass is 10.1. The van der Waals surface area contributed by atoms with Gasteiger partial charge in [-0.25, -0.2) is 12.8 Å². The highest BCUT2D eigenvalue weighted by atomic mass is 32.2. The van der Waals surface area contributed by atoms with Gasteiger partial charge in [0, 0.05) is 30.9 Å². The van der Waals surface area contributed by atoms with E-state index in [9.17, 15) is 17.6 Å². The van der Waals surface area contributed by atoms with Crippen LogP contribution in [0, 0.1) is 5.82 Å². The molecule has 0 spiro atoms. The third-order valence-corrected chi connectivity index (χ3v) is 7.62. The zero-order valence-corrected chi connectivity index (χ0v) is 19.5. The van der Waals surface area contributed by atoms with Crippen LogP contribution in [0.4, 0.5) is 10.1 Å². The zero-order chi connectivity index (χ0) is 24.0. The molecule has 2 unspecified atom stereocenters. The van der Waals surface area contributed by atoms with Crippen LogP contribution in [0.25, 0.3) is 0 Å². The van der Waals surface area contributed by atoms with Gasteiger partial charge in [0.2, 0.25) is 5.91 Å². The summed E-state index contributed by atoms with van der Waals surface area (Å²) in [5, 5.41) is 6.19. The molecular weight excluding hydrogens is 453 g/mol. The minimum Gasteiger partial charge on any atom is -0.325 e. The molecule has 6 nitrogen and oxygen atoms in total. The predicted molar refractivity (Wildman–Crippen MR) is 131 cm³/mol. The monoisotopic (exact) mass is 481 g/mol. The van der Waals surface area contributed by atoms with Crippen molar-refractivity contribution in [1.82, 2.24) is 10.2 Å². The van der Waals surface area contributed by atoms with Gasteiger partial charge in [-0.1, -0.05) is 60.7 Å². The number of benzene rings is 3. The van der Waals surface area contributed by atoms with Crippen LogP contribution in [0.5, 0.6) is 0 Å². The van der Waals surface area contributed by atoms with Crippen LogP contribution in [0.15, 0.2) is 84.9 Å². The van der Waals surface area contributed by atoms with Gasteiger partial charge >= 0.3 is 0 Å². The molecule has 0 aromatic heterocycles. The third-order valence-electron chi connectivity index (χ3n) is 5.91. The molecule has 8 heteroatoms. The number of carbonyl (C=O) groups is 1. The number of amides is 1. The molecule has 4 rings (SSSR count). The maximum atomic E-state index is 13.2. The fourth-order valence-electron chi connectivity index (χ4n) is 4.26. The summed E-state index contributed by atoms with van der Waals surface area (Å²) in [6.07, 6.45) is 0. The van der Waals surface area contributed by atoms with Gasteiger partial charge < -0.3 is 10.6 Å². The molecule has 178 valence electrons. The number of hydrogen-bond donors (Lipinski definition) is 2.